The first-order valence-electron chi connectivity index (χ1n) is 6.31. The summed E-state index contributed by atoms with van der Waals surface area (Å²) in [6, 6.07) is 0. The number of halogens is 1. The summed E-state index contributed by atoms with van der Waals surface area (Å²) in [7, 11) is 0. The summed E-state index contributed by atoms with van der Waals surface area (Å²) in [4.78, 5) is 0. The Morgan fingerprint density at radius 3 is 2.07 bits per heavy atom. The molecule has 14 heavy (non-hydrogen) atoms. The summed E-state index contributed by atoms with van der Waals surface area (Å²) in [6.45, 7) is 4.84. The SMILES string of the molecule is CC1CC(C)CC(C2CCCC2Cl)C1. The van der Waals surface area contributed by atoms with Crippen molar-refractivity contribution in [1.29, 1.82) is 0 Å². The van der Waals surface area contributed by atoms with Gasteiger partial charge in [-0.25, -0.2) is 0 Å². The van der Waals surface area contributed by atoms with Crippen molar-refractivity contribution >= 4 is 11.6 Å². The van der Waals surface area contributed by atoms with Crippen LogP contribution in [-0.2, 0) is 0 Å². The molecule has 0 aliphatic heterocycles. The molecule has 0 aromatic rings. The molecule has 0 heterocycles. The highest BCUT2D eigenvalue weighted by atomic mass is 35.5. The van der Waals surface area contributed by atoms with Crippen LogP contribution in [0.4, 0.5) is 0 Å². The molecule has 2 fully saturated rings. The zero-order valence-electron chi connectivity index (χ0n) is 9.51. The van der Waals surface area contributed by atoms with Crippen LogP contribution in [0.3, 0.4) is 0 Å². The van der Waals surface area contributed by atoms with E-state index >= 15 is 0 Å². The van der Waals surface area contributed by atoms with Crippen LogP contribution in [0.2, 0.25) is 0 Å². The van der Waals surface area contributed by atoms with Gasteiger partial charge in [0.1, 0.15) is 0 Å². The summed E-state index contributed by atoms with van der Waals surface area (Å²) in [6.07, 6.45) is 8.37. The maximum absolute atomic E-state index is 6.41. The lowest BCUT2D eigenvalue weighted by Gasteiger charge is -2.36. The van der Waals surface area contributed by atoms with E-state index in [1.165, 1.54) is 38.5 Å². The highest BCUT2D eigenvalue weighted by Gasteiger charge is 2.36. The predicted octanol–water partition coefficient (Wildman–Crippen LogP) is 4.47. The zero-order valence-corrected chi connectivity index (χ0v) is 10.3. The smallest absolute Gasteiger partial charge is 0.0366 e. The normalized spacial score (nSPS) is 49.5. The molecule has 0 nitrogen and oxygen atoms in total. The first-order valence-corrected chi connectivity index (χ1v) is 6.74. The fraction of sp³-hybridized carbons (Fsp3) is 1.00. The van der Waals surface area contributed by atoms with Gasteiger partial charge in [0.15, 0.2) is 0 Å². The van der Waals surface area contributed by atoms with E-state index < -0.39 is 0 Å². The molecule has 0 saturated heterocycles. The van der Waals surface area contributed by atoms with Gasteiger partial charge in [-0.2, -0.15) is 0 Å². The minimum absolute atomic E-state index is 0.498. The van der Waals surface area contributed by atoms with Crippen LogP contribution in [0.25, 0.3) is 0 Å². The molecule has 0 aromatic heterocycles. The number of rotatable bonds is 1. The summed E-state index contributed by atoms with van der Waals surface area (Å²) >= 11 is 6.41. The van der Waals surface area contributed by atoms with E-state index in [1.54, 1.807) is 0 Å². The van der Waals surface area contributed by atoms with Gasteiger partial charge in [-0.1, -0.05) is 20.3 Å². The van der Waals surface area contributed by atoms with Crippen molar-refractivity contribution in [1.82, 2.24) is 0 Å². The third-order valence-electron chi connectivity index (χ3n) is 4.30. The van der Waals surface area contributed by atoms with E-state index in [0.717, 1.165) is 23.7 Å². The standard InChI is InChI=1S/C13H23Cl/c1-9-6-10(2)8-11(7-9)12-4-3-5-13(12)14/h9-13H,3-8H2,1-2H3. The fourth-order valence-electron chi connectivity index (χ4n) is 3.83. The van der Waals surface area contributed by atoms with Crippen molar-refractivity contribution in [3.05, 3.63) is 0 Å². The Bertz CT molecular complexity index is 180. The maximum atomic E-state index is 6.41. The van der Waals surface area contributed by atoms with Crippen molar-refractivity contribution in [3.63, 3.8) is 0 Å². The molecular weight excluding hydrogens is 192 g/mol. The van der Waals surface area contributed by atoms with Crippen molar-refractivity contribution in [2.45, 2.75) is 57.7 Å². The van der Waals surface area contributed by atoms with Crippen molar-refractivity contribution in [3.8, 4) is 0 Å². The second kappa shape index (κ2) is 4.43. The number of hydrogen-bond acceptors (Lipinski definition) is 0. The lowest BCUT2D eigenvalue weighted by atomic mass is 9.71. The topological polar surface area (TPSA) is 0 Å². The number of hydrogen-bond donors (Lipinski definition) is 0. The van der Waals surface area contributed by atoms with Crippen LogP contribution in [0, 0.1) is 23.7 Å². The molecule has 0 amide bonds. The van der Waals surface area contributed by atoms with E-state index in [2.05, 4.69) is 13.8 Å². The van der Waals surface area contributed by atoms with E-state index in [1.807, 2.05) is 0 Å². The highest BCUT2D eigenvalue weighted by molar-refractivity contribution is 6.20. The molecule has 4 unspecified atom stereocenters. The lowest BCUT2D eigenvalue weighted by molar-refractivity contribution is 0.164. The molecule has 0 N–H and O–H groups in total. The third kappa shape index (κ3) is 2.27. The molecule has 2 rings (SSSR count). The van der Waals surface area contributed by atoms with Gasteiger partial charge in [0.25, 0.3) is 0 Å². The summed E-state index contributed by atoms with van der Waals surface area (Å²) in [5.41, 5.74) is 0. The molecule has 0 aromatic carbocycles. The first kappa shape index (κ1) is 10.8. The Hall–Kier alpha value is 0.290. The molecule has 4 atom stereocenters. The van der Waals surface area contributed by atoms with E-state index in [9.17, 15) is 0 Å². The molecular formula is C13H23Cl. The van der Waals surface area contributed by atoms with Gasteiger partial charge in [-0.3, -0.25) is 0 Å². The summed E-state index contributed by atoms with van der Waals surface area (Å²) < 4.78 is 0. The quantitative estimate of drug-likeness (QED) is 0.566. The largest absolute Gasteiger partial charge is 0.123 e. The van der Waals surface area contributed by atoms with Gasteiger partial charge in [-0.15, -0.1) is 11.6 Å². The van der Waals surface area contributed by atoms with E-state index in [-0.39, 0.29) is 0 Å². The second-order valence-electron chi connectivity index (χ2n) is 5.79. The molecule has 2 saturated carbocycles. The summed E-state index contributed by atoms with van der Waals surface area (Å²) in [5.74, 6) is 3.67. The summed E-state index contributed by atoms with van der Waals surface area (Å²) in [5, 5.41) is 0.498. The first-order chi connectivity index (χ1) is 6.66. The van der Waals surface area contributed by atoms with Crippen molar-refractivity contribution in [2.75, 3.05) is 0 Å². The Labute approximate surface area is 93.4 Å². The Kier molecular flexibility index (Phi) is 3.42. The van der Waals surface area contributed by atoms with Crippen molar-refractivity contribution in [2.24, 2.45) is 23.7 Å². The average molecular weight is 215 g/mol. The monoisotopic (exact) mass is 214 g/mol. The van der Waals surface area contributed by atoms with Crippen LogP contribution in [0.5, 0.6) is 0 Å². The molecule has 2 aliphatic rings. The Morgan fingerprint density at radius 2 is 1.57 bits per heavy atom. The van der Waals surface area contributed by atoms with E-state index in [0.29, 0.717) is 5.38 Å². The zero-order chi connectivity index (χ0) is 10.1. The van der Waals surface area contributed by atoms with Gasteiger partial charge >= 0.3 is 0 Å². The van der Waals surface area contributed by atoms with Gasteiger partial charge in [0, 0.05) is 5.38 Å². The molecule has 2 aliphatic carbocycles. The maximum Gasteiger partial charge on any atom is 0.0366 e. The molecule has 0 radical (unpaired) electrons. The van der Waals surface area contributed by atoms with Crippen LogP contribution < -0.4 is 0 Å². The van der Waals surface area contributed by atoms with Gasteiger partial charge in [-0.05, 0) is 55.8 Å². The minimum Gasteiger partial charge on any atom is -0.123 e. The van der Waals surface area contributed by atoms with Crippen molar-refractivity contribution < 1.29 is 0 Å². The molecule has 0 spiro atoms. The Morgan fingerprint density at radius 1 is 0.929 bits per heavy atom. The average Bonchev–Trinajstić information content (AvgIpc) is 2.49. The van der Waals surface area contributed by atoms with Gasteiger partial charge < -0.3 is 0 Å². The second-order valence-corrected chi connectivity index (χ2v) is 6.35. The molecule has 1 heteroatoms. The van der Waals surface area contributed by atoms with Crippen LogP contribution in [0.1, 0.15) is 52.4 Å². The highest BCUT2D eigenvalue weighted by Crippen LogP contribution is 2.44. The van der Waals surface area contributed by atoms with Gasteiger partial charge in [0.2, 0.25) is 0 Å². The third-order valence-corrected chi connectivity index (χ3v) is 4.84. The van der Waals surface area contributed by atoms with Gasteiger partial charge in [0.05, 0.1) is 0 Å². The Balaban J connectivity index is 1.95. The van der Waals surface area contributed by atoms with Crippen LogP contribution >= 0.6 is 11.6 Å². The van der Waals surface area contributed by atoms with Crippen LogP contribution in [0.15, 0.2) is 0 Å². The minimum atomic E-state index is 0.498. The van der Waals surface area contributed by atoms with Crippen LogP contribution in [-0.4, -0.2) is 5.38 Å². The lowest BCUT2D eigenvalue weighted by Crippen LogP contribution is -2.28. The molecule has 0 bridgehead atoms. The molecule has 82 valence electrons. The predicted molar refractivity (Wildman–Crippen MR) is 62.7 cm³/mol. The fourth-order valence-corrected chi connectivity index (χ4v) is 4.32. The number of alkyl halides is 1. The van der Waals surface area contributed by atoms with E-state index in [4.69, 9.17) is 11.6 Å².